The van der Waals surface area contributed by atoms with E-state index in [1.54, 1.807) is 0 Å². The normalized spacial score (nSPS) is 7.84. The summed E-state index contributed by atoms with van der Waals surface area (Å²) in [6.07, 6.45) is 1.83. The third-order valence-corrected chi connectivity index (χ3v) is 1.40. The Balaban J connectivity index is -0.000000210. The molecule has 0 spiro atoms. The van der Waals surface area contributed by atoms with Crippen LogP contribution in [0.2, 0.25) is 0 Å². The largest absolute Gasteiger partial charge is 1.00 e. The van der Waals surface area contributed by atoms with Gasteiger partial charge in [-0.05, 0) is 12.5 Å². The maximum Gasteiger partial charge on any atom is 1.00 e. The van der Waals surface area contributed by atoms with Gasteiger partial charge in [0.1, 0.15) is 0 Å². The number of carboxylic acid groups (broad SMARTS) is 1. The second-order valence-electron chi connectivity index (χ2n) is 4.20. The van der Waals surface area contributed by atoms with E-state index in [4.69, 9.17) is 5.11 Å². The van der Waals surface area contributed by atoms with Crippen molar-refractivity contribution in [1.82, 2.24) is 0 Å². The summed E-state index contributed by atoms with van der Waals surface area (Å²) in [5, 5.41) is 7.89. The number of rotatable bonds is 2. The molecule has 2 nitrogen and oxygen atoms in total. The number of hydrogen-bond acceptors (Lipinski definition) is 1. The Morgan fingerprint density at radius 1 is 1.21 bits per heavy atom. The fourth-order valence-electron chi connectivity index (χ4n) is 0.589. The van der Waals surface area contributed by atoms with Gasteiger partial charge in [-0.15, -0.1) is 0 Å². The monoisotopic (exact) mass is 254 g/mol. The van der Waals surface area contributed by atoms with E-state index in [2.05, 4.69) is 33.9 Å². The number of hydrogen-bond donors (Lipinski definition) is 1. The van der Waals surface area contributed by atoms with Crippen molar-refractivity contribution in [2.24, 2.45) is 0 Å². The molecule has 0 aromatic heterocycles. The number of benzene rings is 1. The first-order valence-electron chi connectivity index (χ1n) is 5.64. The van der Waals surface area contributed by atoms with Crippen molar-refractivity contribution < 1.29 is 28.8 Å². The molecule has 0 fully saturated rings. The Morgan fingerprint density at radius 3 is 1.68 bits per heavy atom. The van der Waals surface area contributed by atoms with E-state index in [0.29, 0.717) is 0 Å². The van der Waals surface area contributed by atoms with Crippen molar-refractivity contribution in [1.29, 1.82) is 0 Å². The summed E-state index contributed by atoms with van der Waals surface area (Å²) in [5.41, 5.74) is 1.35. The molecular formula is C16H23LiO2. The van der Waals surface area contributed by atoms with Gasteiger partial charge in [0, 0.05) is 5.57 Å². The Bertz CT molecular complexity index is 342. The van der Waals surface area contributed by atoms with Crippen LogP contribution in [0.1, 0.15) is 33.3 Å². The van der Waals surface area contributed by atoms with Crippen LogP contribution in [0.5, 0.6) is 0 Å². The third kappa shape index (κ3) is 22.4. The van der Waals surface area contributed by atoms with Crippen molar-refractivity contribution in [3.05, 3.63) is 60.5 Å². The SMILES string of the molecule is C=C(C)C(=O)O.C=Cc1ccccc1.C[C-](C)C.[Li+]. The van der Waals surface area contributed by atoms with Crippen LogP contribution in [0.15, 0.2) is 49.1 Å². The average Bonchev–Trinajstić information content (AvgIpc) is 2.30. The molecule has 1 aromatic carbocycles. The van der Waals surface area contributed by atoms with Crippen LogP contribution in [-0.2, 0) is 4.79 Å². The molecule has 0 heterocycles. The van der Waals surface area contributed by atoms with Crippen molar-refractivity contribution in [3.63, 3.8) is 0 Å². The van der Waals surface area contributed by atoms with Crippen molar-refractivity contribution in [2.75, 3.05) is 0 Å². The maximum absolute atomic E-state index is 9.60. The summed E-state index contributed by atoms with van der Waals surface area (Å²) in [7, 11) is 0. The quantitative estimate of drug-likeness (QED) is 0.494. The molecule has 3 heteroatoms. The zero-order valence-electron chi connectivity index (χ0n) is 12.7. The molecule has 0 saturated carbocycles. The van der Waals surface area contributed by atoms with Gasteiger partial charge in [0.25, 0.3) is 0 Å². The van der Waals surface area contributed by atoms with E-state index in [-0.39, 0.29) is 24.4 Å². The number of carbonyl (C=O) groups is 1. The van der Waals surface area contributed by atoms with E-state index in [9.17, 15) is 4.79 Å². The number of aliphatic carboxylic acids is 1. The zero-order chi connectivity index (χ0) is 14.6. The summed E-state index contributed by atoms with van der Waals surface area (Å²) in [6.45, 7) is 14.5. The minimum atomic E-state index is -0.935. The molecule has 0 unspecified atom stereocenters. The molecule has 0 aliphatic heterocycles. The second-order valence-corrected chi connectivity index (χ2v) is 4.20. The van der Waals surface area contributed by atoms with Gasteiger partial charge in [0.2, 0.25) is 0 Å². The molecule has 0 bridgehead atoms. The molecule has 100 valence electrons. The summed E-state index contributed by atoms with van der Waals surface area (Å²) < 4.78 is 0. The summed E-state index contributed by atoms with van der Waals surface area (Å²) in [5.74, 6) is 0.481. The van der Waals surface area contributed by atoms with Crippen LogP contribution < -0.4 is 18.9 Å². The third-order valence-electron chi connectivity index (χ3n) is 1.40. The Labute approximate surface area is 129 Å². The van der Waals surface area contributed by atoms with Crippen LogP contribution in [0.3, 0.4) is 0 Å². The van der Waals surface area contributed by atoms with Gasteiger partial charge < -0.3 is 11.0 Å². The maximum atomic E-state index is 9.60. The van der Waals surface area contributed by atoms with Crippen molar-refractivity contribution in [3.8, 4) is 0 Å². The van der Waals surface area contributed by atoms with Gasteiger partial charge in [-0.1, -0.05) is 49.6 Å². The van der Waals surface area contributed by atoms with Crippen LogP contribution in [0, 0.1) is 5.92 Å². The Morgan fingerprint density at radius 2 is 1.53 bits per heavy atom. The summed E-state index contributed by atoms with van der Waals surface area (Å²) in [6, 6.07) is 10.0. The van der Waals surface area contributed by atoms with Crippen LogP contribution in [-0.4, -0.2) is 11.1 Å². The number of carboxylic acids is 1. The molecule has 0 radical (unpaired) electrons. The van der Waals surface area contributed by atoms with Crippen LogP contribution in [0.25, 0.3) is 6.08 Å². The molecule has 0 amide bonds. The second kappa shape index (κ2) is 14.8. The van der Waals surface area contributed by atoms with Gasteiger partial charge in [-0.25, -0.2) is 4.79 Å². The first-order valence-corrected chi connectivity index (χ1v) is 5.64. The summed E-state index contributed by atoms with van der Waals surface area (Å²) >= 11 is 0. The molecule has 1 N–H and O–H groups in total. The minimum Gasteiger partial charge on any atom is -0.478 e. The van der Waals surface area contributed by atoms with Crippen molar-refractivity contribution in [2.45, 2.75) is 27.7 Å². The standard InChI is InChI=1S/C8H8.C4H6O2.C4H9.Li/c1-2-8-6-4-3-5-7-8;1-3(2)4(5)6;1-4(2)3;/h2-7H,1H2;1H2,2H3,(H,5,6);1-3H3;/q;;-1;+1. The topological polar surface area (TPSA) is 37.3 Å². The first-order chi connectivity index (χ1) is 8.31. The molecule has 1 rings (SSSR count). The molecule has 0 aliphatic rings. The van der Waals surface area contributed by atoms with E-state index < -0.39 is 5.97 Å². The Kier molecular flexibility index (Phi) is 17.9. The van der Waals surface area contributed by atoms with Gasteiger partial charge >= 0.3 is 24.8 Å². The minimum absolute atomic E-state index is 0. The van der Waals surface area contributed by atoms with E-state index in [1.165, 1.54) is 18.4 Å². The molecule has 1 aromatic rings. The van der Waals surface area contributed by atoms with E-state index in [0.717, 1.165) is 0 Å². The fraction of sp³-hybridized carbons (Fsp3) is 0.250. The Hall–Kier alpha value is -1.23. The predicted octanol–water partition coefficient (Wildman–Crippen LogP) is 1.60. The van der Waals surface area contributed by atoms with E-state index in [1.807, 2.05) is 36.4 Å². The average molecular weight is 254 g/mol. The van der Waals surface area contributed by atoms with Gasteiger partial charge in [0.15, 0.2) is 0 Å². The van der Waals surface area contributed by atoms with Crippen LogP contribution in [0.4, 0.5) is 0 Å². The predicted molar refractivity (Wildman–Crippen MR) is 79.2 cm³/mol. The zero-order valence-corrected chi connectivity index (χ0v) is 12.7. The van der Waals surface area contributed by atoms with Crippen LogP contribution >= 0.6 is 0 Å². The van der Waals surface area contributed by atoms with Gasteiger partial charge in [-0.2, -0.15) is 20.8 Å². The molecule has 0 aliphatic carbocycles. The fourth-order valence-corrected chi connectivity index (χ4v) is 0.589. The van der Waals surface area contributed by atoms with Crippen molar-refractivity contribution >= 4 is 12.0 Å². The van der Waals surface area contributed by atoms with Gasteiger partial charge in [-0.3, -0.25) is 0 Å². The molecule has 0 saturated heterocycles. The smallest absolute Gasteiger partial charge is 0.478 e. The first kappa shape index (κ1) is 22.9. The molecule has 19 heavy (non-hydrogen) atoms. The van der Waals surface area contributed by atoms with E-state index >= 15 is 0 Å². The van der Waals surface area contributed by atoms with Gasteiger partial charge in [0.05, 0.1) is 0 Å². The molecule has 0 atom stereocenters. The molecular weight excluding hydrogens is 231 g/mol. The summed E-state index contributed by atoms with van der Waals surface area (Å²) in [4.78, 5) is 9.60.